The third-order valence-corrected chi connectivity index (χ3v) is 3.67. The molecule has 9 heteroatoms. The molecule has 0 atom stereocenters. The Morgan fingerprint density at radius 1 is 0.333 bits per heavy atom. The average molecular weight is 357 g/mol. The standard InChI is InChI=1S/3C6H5N3/c3*1-2-4-6-5(3-1)7-9-8-6/h3*1-4H,(H,7,8,9). The molecule has 0 saturated carbocycles. The number of para-hydroxylation sites is 6. The van der Waals surface area contributed by atoms with Crippen LogP contribution in [0.5, 0.6) is 0 Å². The molecule has 0 saturated heterocycles. The zero-order chi connectivity index (χ0) is 18.3. The Kier molecular flexibility index (Phi) is 4.74. The predicted octanol–water partition coefficient (Wildman–Crippen LogP) is 2.87. The van der Waals surface area contributed by atoms with Crippen LogP contribution in [0.1, 0.15) is 0 Å². The first-order valence-corrected chi connectivity index (χ1v) is 8.17. The van der Waals surface area contributed by atoms with E-state index in [1.165, 1.54) is 0 Å². The van der Waals surface area contributed by atoms with Gasteiger partial charge in [-0.25, -0.2) is 0 Å². The highest BCUT2D eigenvalue weighted by Crippen LogP contribution is 2.05. The van der Waals surface area contributed by atoms with Gasteiger partial charge in [0, 0.05) is 0 Å². The molecule has 0 amide bonds. The van der Waals surface area contributed by atoms with Gasteiger partial charge in [0.05, 0.1) is 0 Å². The number of nitrogens with zero attached hydrogens (tertiary/aromatic N) is 6. The number of H-pyrrole nitrogens is 3. The molecular weight excluding hydrogens is 342 g/mol. The summed E-state index contributed by atoms with van der Waals surface area (Å²) in [6.45, 7) is 0. The van der Waals surface area contributed by atoms with Crippen molar-refractivity contribution in [3.63, 3.8) is 0 Å². The second-order valence-corrected chi connectivity index (χ2v) is 5.44. The highest BCUT2D eigenvalue weighted by atomic mass is 15.3. The summed E-state index contributed by atoms with van der Waals surface area (Å²) >= 11 is 0. The summed E-state index contributed by atoms with van der Waals surface area (Å²) < 4.78 is 0. The van der Waals surface area contributed by atoms with Crippen LogP contribution in [0.15, 0.2) is 72.8 Å². The van der Waals surface area contributed by atoms with Crippen LogP contribution in [-0.2, 0) is 0 Å². The third kappa shape index (κ3) is 3.93. The summed E-state index contributed by atoms with van der Waals surface area (Å²) in [4.78, 5) is 0. The van der Waals surface area contributed by atoms with E-state index in [9.17, 15) is 0 Å². The summed E-state index contributed by atoms with van der Waals surface area (Å²) in [5, 5.41) is 30.9. The molecule has 3 aromatic heterocycles. The van der Waals surface area contributed by atoms with Crippen LogP contribution >= 0.6 is 0 Å². The topological polar surface area (TPSA) is 125 Å². The summed E-state index contributed by atoms with van der Waals surface area (Å²) in [5.41, 5.74) is 5.49. The molecule has 0 fully saturated rings. The molecule has 0 bridgehead atoms. The van der Waals surface area contributed by atoms with Crippen LogP contribution in [0.2, 0.25) is 0 Å². The van der Waals surface area contributed by atoms with Crippen molar-refractivity contribution in [3.8, 4) is 0 Å². The van der Waals surface area contributed by atoms with Crippen LogP contribution in [0.25, 0.3) is 33.1 Å². The highest BCUT2D eigenvalue weighted by molar-refractivity contribution is 5.73. The highest BCUT2D eigenvalue weighted by Gasteiger charge is 1.92. The Morgan fingerprint density at radius 2 is 0.519 bits per heavy atom. The van der Waals surface area contributed by atoms with Gasteiger partial charge in [-0.05, 0) is 36.4 Å². The van der Waals surface area contributed by atoms with Gasteiger partial charge in [0.25, 0.3) is 0 Å². The molecule has 0 unspecified atom stereocenters. The number of benzene rings is 3. The summed E-state index contributed by atoms with van der Waals surface area (Å²) in [6.07, 6.45) is 0. The number of aromatic nitrogens is 9. The van der Waals surface area contributed by atoms with Crippen LogP contribution in [0.3, 0.4) is 0 Å². The SMILES string of the molecule is c1ccc2n[nH]nc2c1.c1ccc2n[nH]nc2c1.c1ccc2n[nH]nc2c1. The maximum atomic E-state index is 3.88. The van der Waals surface area contributed by atoms with Crippen LogP contribution in [0.4, 0.5) is 0 Å². The average Bonchev–Trinajstić information content (AvgIpc) is 3.48. The van der Waals surface area contributed by atoms with Crippen LogP contribution in [0, 0.1) is 0 Å². The van der Waals surface area contributed by atoms with Crippen LogP contribution in [-0.4, -0.2) is 46.2 Å². The minimum absolute atomic E-state index is 0.914. The molecule has 132 valence electrons. The Bertz CT molecular complexity index is 1000. The fourth-order valence-corrected chi connectivity index (χ4v) is 2.36. The molecule has 6 aromatic rings. The van der Waals surface area contributed by atoms with Crippen molar-refractivity contribution in [3.05, 3.63) is 72.8 Å². The number of hydrogen-bond donors (Lipinski definition) is 3. The first kappa shape index (κ1) is 16.3. The molecule has 0 spiro atoms. The van der Waals surface area contributed by atoms with E-state index in [4.69, 9.17) is 0 Å². The van der Waals surface area contributed by atoms with Crippen molar-refractivity contribution >= 4 is 33.1 Å². The number of fused-ring (bicyclic) bond motifs is 3. The summed E-state index contributed by atoms with van der Waals surface area (Å²) in [7, 11) is 0. The van der Waals surface area contributed by atoms with E-state index < -0.39 is 0 Å². The molecule has 0 aliphatic carbocycles. The Hall–Kier alpha value is -4.14. The lowest BCUT2D eigenvalue weighted by atomic mass is 10.3. The van der Waals surface area contributed by atoms with Gasteiger partial charge in [-0.15, -0.1) is 0 Å². The second kappa shape index (κ2) is 7.83. The zero-order valence-corrected chi connectivity index (χ0v) is 14.1. The number of rotatable bonds is 0. The number of aromatic amines is 3. The fourth-order valence-electron chi connectivity index (χ4n) is 2.36. The van der Waals surface area contributed by atoms with Crippen molar-refractivity contribution in [2.45, 2.75) is 0 Å². The van der Waals surface area contributed by atoms with E-state index >= 15 is 0 Å². The van der Waals surface area contributed by atoms with Gasteiger partial charge < -0.3 is 0 Å². The Balaban J connectivity index is 0.0000001000. The normalized spacial score (nSPS) is 10.2. The van der Waals surface area contributed by atoms with Gasteiger partial charge in [-0.1, -0.05) is 36.4 Å². The van der Waals surface area contributed by atoms with Crippen molar-refractivity contribution in [1.82, 2.24) is 46.2 Å². The molecule has 0 radical (unpaired) electrons. The van der Waals surface area contributed by atoms with E-state index in [1.807, 2.05) is 72.8 Å². The van der Waals surface area contributed by atoms with Gasteiger partial charge in [0.1, 0.15) is 33.1 Å². The molecule has 3 heterocycles. The third-order valence-electron chi connectivity index (χ3n) is 3.67. The van der Waals surface area contributed by atoms with Crippen molar-refractivity contribution < 1.29 is 0 Å². The molecule has 3 aromatic carbocycles. The van der Waals surface area contributed by atoms with E-state index in [0.717, 1.165) is 33.1 Å². The molecule has 27 heavy (non-hydrogen) atoms. The van der Waals surface area contributed by atoms with Crippen molar-refractivity contribution in [2.24, 2.45) is 0 Å². The Labute approximate surface area is 152 Å². The minimum atomic E-state index is 0.914. The maximum absolute atomic E-state index is 3.88. The zero-order valence-electron chi connectivity index (χ0n) is 14.1. The van der Waals surface area contributed by atoms with Gasteiger partial charge in [0.15, 0.2) is 0 Å². The van der Waals surface area contributed by atoms with Gasteiger partial charge in [-0.2, -0.15) is 46.2 Å². The second-order valence-electron chi connectivity index (χ2n) is 5.44. The first-order chi connectivity index (χ1) is 13.4. The van der Waals surface area contributed by atoms with Crippen molar-refractivity contribution in [2.75, 3.05) is 0 Å². The minimum Gasteiger partial charge on any atom is -0.197 e. The van der Waals surface area contributed by atoms with E-state index in [1.54, 1.807) is 0 Å². The first-order valence-electron chi connectivity index (χ1n) is 8.17. The monoisotopic (exact) mass is 357 g/mol. The van der Waals surface area contributed by atoms with E-state index in [-0.39, 0.29) is 0 Å². The molecular formula is C18H15N9. The maximum Gasteiger partial charge on any atom is 0.112 e. The number of hydrogen-bond acceptors (Lipinski definition) is 6. The molecule has 6 rings (SSSR count). The quantitative estimate of drug-likeness (QED) is 0.384. The fraction of sp³-hybridized carbons (Fsp3) is 0. The molecule has 0 aliphatic heterocycles. The van der Waals surface area contributed by atoms with Gasteiger partial charge >= 0.3 is 0 Å². The lowest BCUT2D eigenvalue weighted by Crippen LogP contribution is -1.63. The Morgan fingerprint density at radius 3 is 0.704 bits per heavy atom. The summed E-state index contributed by atoms with van der Waals surface area (Å²) in [5.74, 6) is 0. The van der Waals surface area contributed by atoms with Gasteiger partial charge in [0.2, 0.25) is 0 Å². The molecule has 3 N–H and O–H groups in total. The smallest absolute Gasteiger partial charge is 0.112 e. The van der Waals surface area contributed by atoms with Crippen molar-refractivity contribution in [1.29, 1.82) is 0 Å². The lowest BCUT2D eigenvalue weighted by molar-refractivity contribution is 0.959. The molecule has 9 nitrogen and oxygen atoms in total. The van der Waals surface area contributed by atoms with E-state index in [2.05, 4.69) is 46.2 Å². The lowest BCUT2D eigenvalue weighted by Gasteiger charge is -1.78. The van der Waals surface area contributed by atoms with Crippen LogP contribution < -0.4 is 0 Å². The number of nitrogens with one attached hydrogen (secondary N) is 3. The van der Waals surface area contributed by atoms with E-state index in [0.29, 0.717) is 0 Å². The molecule has 0 aliphatic rings. The largest absolute Gasteiger partial charge is 0.197 e. The summed E-state index contributed by atoms with van der Waals surface area (Å²) in [6, 6.07) is 23.1. The van der Waals surface area contributed by atoms with Gasteiger partial charge in [-0.3, -0.25) is 0 Å². The predicted molar refractivity (Wildman–Crippen MR) is 102 cm³/mol.